The molecule has 1 aliphatic rings. The zero-order valence-electron chi connectivity index (χ0n) is 13.9. The Kier molecular flexibility index (Phi) is 4.88. The van der Waals surface area contributed by atoms with Gasteiger partial charge in [0.05, 0.1) is 0 Å². The van der Waals surface area contributed by atoms with Gasteiger partial charge in [-0.25, -0.2) is 4.79 Å². The van der Waals surface area contributed by atoms with E-state index in [-0.39, 0.29) is 0 Å². The summed E-state index contributed by atoms with van der Waals surface area (Å²) in [6.07, 6.45) is -4.13. The van der Waals surface area contributed by atoms with Crippen LogP contribution in [-0.4, -0.2) is 23.9 Å². The summed E-state index contributed by atoms with van der Waals surface area (Å²) in [6.45, 7) is 0.258. The third-order valence-corrected chi connectivity index (χ3v) is 3.78. The number of carbonyl (C=O) groups is 1. The van der Waals surface area contributed by atoms with Gasteiger partial charge < -0.3 is 9.57 Å². The largest absolute Gasteiger partial charge is 0.444 e. The van der Waals surface area contributed by atoms with Gasteiger partial charge in [-0.15, -0.1) is 5.06 Å². The summed E-state index contributed by atoms with van der Waals surface area (Å²) in [5.41, 5.74) is 2.45. The van der Waals surface area contributed by atoms with Crippen molar-refractivity contribution in [1.82, 2.24) is 5.06 Å². The Balaban J connectivity index is 1.86. The SMILES string of the molecule is Cc1ccc(C2=CC(c3ccccc3)N(C(=O)OCC(F)(F)F)O2)cc1. The van der Waals surface area contributed by atoms with Crippen LogP contribution in [0.5, 0.6) is 0 Å². The monoisotopic (exact) mass is 363 g/mol. The molecule has 0 bridgehead atoms. The summed E-state index contributed by atoms with van der Waals surface area (Å²) >= 11 is 0. The van der Waals surface area contributed by atoms with E-state index >= 15 is 0 Å². The smallest absolute Gasteiger partial charge is 0.438 e. The summed E-state index contributed by atoms with van der Waals surface area (Å²) in [6, 6.07) is 15.5. The van der Waals surface area contributed by atoms with Gasteiger partial charge in [0.25, 0.3) is 0 Å². The maximum atomic E-state index is 12.4. The molecule has 1 heterocycles. The Morgan fingerprint density at radius 1 is 1.12 bits per heavy atom. The van der Waals surface area contributed by atoms with E-state index in [2.05, 4.69) is 4.74 Å². The number of ether oxygens (including phenoxy) is 1. The lowest BCUT2D eigenvalue weighted by Gasteiger charge is -2.23. The first-order valence-electron chi connectivity index (χ1n) is 7.88. The van der Waals surface area contributed by atoms with Crippen LogP contribution in [0.4, 0.5) is 18.0 Å². The normalized spacial score (nSPS) is 16.8. The van der Waals surface area contributed by atoms with Crippen LogP contribution in [0.25, 0.3) is 5.76 Å². The molecule has 0 spiro atoms. The number of amides is 1. The van der Waals surface area contributed by atoms with Gasteiger partial charge in [0.2, 0.25) is 0 Å². The maximum Gasteiger partial charge on any atom is 0.444 e. The van der Waals surface area contributed by atoms with E-state index in [1.54, 1.807) is 36.4 Å². The summed E-state index contributed by atoms with van der Waals surface area (Å²) in [4.78, 5) is 17.7. The van der Waals surface area contributed by atoms with E-state index in [1.807, 2.05) is 31.2 Å². The fraction of sp³-hybridized carbons (Fsp3) is 0.211. The molecule has 0 saturated heterocycles. The summed E-state index contributed by atoms with van der Waals surface area (Å²) in [7, 11) is 0. The molecular weight excluding hydrogens is 347 g/mol. The van der Waals surface area contributed by atoms with Crippen LogP contribution in [0.3, 0.4) is 0 Å². The van der Waals surface area contributed by atoms with Crippen LogP contribution in [0.2, 0.25) is 0 Å². The van der Waals surface area contributed by atoms with E-state index < -0.39 is 24.9 Å². The van der Waals surface area contributed by atoms with Crippen LogP contribution >= 0.6 is 0 Å². The zero-order chi connectivity index (χ0) is 18.7. The second-order valence-electron chi connectivity index (χ2n) is 5.84. The lowest BCUT2D eigenvalue weighted by atomic mass is 10.0. The Labute approximate surface area is 148 Å². The predicted octanol–water partition coefficient (Wildman–Crippen LogP) is 5.02. The maximum absolute atomic E-state index is 12.4. The number of benzene rings is 2. The van der Waals surface area contributed by atoms with Crippen LogP contribution in [-0.2, 0) is 9.57 Å². The van der Waals surface area contributed by atoms with Gasteiger partial charge in [0.1, 0.15) is 6.04 Å². The highest BCUT2D eigenvalue weighted by Gasteiger charge is 2.37. The number of hydrogen-bond donors (Lipinski definition) is 0. The molecule has 0 aromatic heterocycles. The van der Waals surface area contributed by atoms with Gasteiger partial charge in [-0.3, -0.25) is 0 Å². The molecule has 2 aromatic rings. The third kappa shape index (κ3) is 4.17. The van der Waals surface area contributed by atoms with Gasteiger partial charge >= 0.3 is 12.3 Å². The summed E-state index contributed by atoms with van der Waals surface area (Å²) in [5.74, 6) is 0.378. The number of rotatable bonds is 3. The van der Waals surface area contributed by atoms with Crippen LogP contribution < -0.4 is 0 Å². The van der Waals surface area contributed by atoms with E-state index in [0.29, 0.717) is 16.9 Å². The Bertz CT molecular complexity index is 801. The highest BCUT2D eigenvalue weighted by Crippen LogP contribution is 2.36. The van der Waals surface area contributed by atoms with Gasteiger partial charge in [-0.05, 0) is 18.6 Å². The Morgan fingerprint density at radius 2 is 1.77 bits per heavy atom. The highest BCUT2D eigenvalue weighted by molar-refractivity contribution is 5.72. The molecule has 0 fully saturated rings. The molecule has 26 heavy (non-hydrogen) atoms. The number of aryl methyl sites for hydroxylation is 1. The zero-order valence-corrected chi connectivity index (χ0v) is 13.9. The van der Waals surface area contributed by atoms with Crippen molar-refractivity contribution in [1.29, 1.82) is 0 Å². The van der Waals surface area contributed by atoms with Crippen molar-refractivity contribution in [2.24, 2.45) is 0 Å². The molecule has 0 radical (unpaired) electrons. The fourth-order valence-electron chi connectivity index (χ4n) is 2.51. The number of hydrogen-bond acceptors (Lipinski definition) is 3. The van der Waals surface area contributed by atoms with E-state index in [0.717, 1.165) is 10.6 Å². The first-order valence-corrected chi connectivity index (χ1v) is 7.88. The van der Waals surface area contributed by atoms with Crippen molar-refractivity contribution < 1.29 is 27.5 Å². The van der Waals surface area contributed by atoms with Crippen molar-refractivity contribution in [3.8, 4) is 0 Å². The van der Waals surface area contributed by atoms with Gasteiger partial charge in [0, 0.05) is 5.56 Å². The van der Waals surface area contributed by atoms with Crippen LogP contribution in [0, 0.1) is 6.92 Å². The van der Waals surface area contributed by atoms with Gasteiger partial charge in [0.15, 0.2) is 12.4 Å². The lowest BCUT2D eigenvalue weighted by molar-refractivity contribution is -0.171. The van der Waals surface area contributed by atoms with Gasteiger partial charge in [-0.2, -0.15) is 13.2 Å². The van der Waals surface area contributed by atoms with Crippen LogP contribution in [0.1, 0.15) is 22.7 Å². The quantitative estimate of drug-likeness (QED) is 0.768. The molecular formula is C19H16F3NO3. The highest BCUT2D eigenvalue weighted by atomic mass is 19.4. The van der Waals surface area contributed by atoms with Crippen molar-refractivity contribution in [2.45, 2.75) is 19.1 Å². The minimum atomic E-state index is -4.61. The number of hydroxylamine groups is 2. The molecule has 0 saturated carbocycles. The van der Waals surface area contributed by atoms with Crippen molar-refractivity contribution in [3.05, 3.63) is 77.4 Å². The molecule has 2 aromatic carbocycles. The minimum Gasteiger partial charge on any atom is -0.438 e. The number of halogens is 3. The molecule has 1 amide bonds. The minimum absolute atomic E-state index is 0.378. The van der Waals surface area contributed by atoms with Crippen LogP contribution in [0.15, 0.2) is 60.7 Å². The first-order chi connectivity index (χ1) is 12.3. The second kappa shape index (κ2) is 7.11. The molecule has 0 N–H and O–H groups in total. The third-order valence-electron chi connectivity index (χ3n) is 3.78. The Hall–Kier alpha value is -2.96. The predicted molar refractivity (Wildman–Crippen MR) is 88.7 cm³/mol. The molecule has 7 heteroatoms. The van der Waals surface area contributed by atoms with Crippen molar-refractivity contribution in [3.63, 3.8) is 0 Å². The lowest BCUT2D eigenvalue weighted by Crippen LogP contribution is -2.33. The molecule has 0 aliphatic carbocycles. The Morgan fingerprint density at radius 3 is 2.38 bits per heavy atom. The molecule has 4 nitrogen and oxygen atoms in total. The molecule has 1 unspecified atom stereocenters. The van der Waals surface area contributed by atoms with Gasteiger partial charge in [-0.1, -0.05) is 60.2 Å². The van der Waals surface area contributed by atoms with Crippen molar-refractivity contribution in [2.75, 3.05) is 6.61 Å². The molecule has 136 valence electrons. The average molecular weight is 363 g/mol. The second-order valence-corrected chi connectivity index (χ2v) is 5.84. The number of nitrogens with zero attached hydrogens (tertiary/aromatic N) is 1. The standard InChI is InChI=1S/C19H16F3NO3/c1-13-7-9-15(10-8-13)17-11-16(14-5-3-2-4-6-14)23(26-17)18(24)25-12-19(20,21)22/h2-11,16H,12H2,1H3. The van der Waals surface area contributed by atoms with E-state index in [1.165, 1.54) is 0 Å². The molecule has 1 atom stereocenters. The number of alkyl halides is 3. The van der Waals surface area contributed by atoms with E-state index in [9.17, 15) is 18.0 Å². The molecule has 3 rings (SSSR count). The number of carbonyl (C=O) groups excluding carboxylic acids is 1. The fourth-order valence-corrected chi connectivity index (χ4v) is 2.51. The average Bonchev–Trinajstić information content (AvgIpc) is 3.06. The van der Waals surface area contributed by atoms with Crippen molar-refractivity contribution >= 4 is 11.9 Å². The summed E-state index contributed by atoms with van der Waals surface area (Å²) in [5, 5.41) is 0.816. The first kappa shape index (κ1) is 17.8. The summed E-state index contributed by atoms with van der Waals surface area (Å²) < 4.78 is 41.4. The topological polar surface area (TPSA) is 38.8 Å². The van der Waals surface area contributed by atoms with E-state index in [4.69, 9.17) is 4.84 Å². The molecule has 1 aliphatic heterocycles.